The zero-order chi connectivity index (χ0) is 16.0. The molecule has 0 bridgehead atoms. The summed E-state index contributed by atoms with van der Waals surface area (Å²) in [7, 11) is -3.59. The molecule has 0 spiro atoms. The highest BCUT2D eigenvalue weighted by Crippen LogP contribution is 2.14. The molecule has 0 aliphatic rings. The summed E-state index contributed by atoms with van der Waals surface area (Å²) in [6.07, 6.45) is 1.82. The molecule has 2 aromatic carbocycles. The Kier molecular flexibility index (Phi) is 5.16. The van der Waals surface area contributed by atoms with E-state index in [0.717, 1.165) is 16.2 Å². The number of carbonyl (C=O) groups is 1. The van der Waals surface area contributed by atoms with Crippen LogP contribution < -0.4 is 9.84 Å². The summed E-state index contributed by atoms with van der Waals surface area (Å²) >= 11 is 0. The van der Waals surface area contributed by atoms with Gasteiger partial charge in [-0.05, 0) is 24.1 Å². The highest BCUT2D eigenvalue weighted by atomic mass is 32.2. The number of rotatable bonds is 6. The van der Waals surface area contributed by atoms with Crippen molar-refractivity contribution in [2.45, 2.75) is 12.8 Å². The topological polar surface area (TPSA) is 66.5 Å². The average molecular weight is 318 g/mol. The SMILES string of the molecule is CS(=O)(=O)N(NC(=O)CCc1ccccc1)c1ccccc1. The largest absolute Gasteiger partial charge is 0.273 e. The maximum absolute atomic E-state index is 12.0. The Labute approximate surface area is 130 Å². The molecule has 1 amide bonds. The predicted molar refractivity (Wildman–Crippen MR) is 86.7 cm³/mol. The van der Waals surface area contributed by atoms with Gasteiger partial charge in [0.05, 0.1) is 11.9 Å². The first-order chi connectivity index (χ1) is 10.5. The van der Waals surface area contributed by atoms with Crippen molar-refractivity contribution in [2.24, 2.45) is 0 Å². The first-order valence-electron chi connectivity index (χ1n) is 6.85. The van der Waals surface area contributed by atoms with Crippen LogP contribution in [0.2, 0.25) is 0 Å². The van der Waals surface area contributed by atoms with Gasteiger partial charge in [-0.2, -0.15) is 4.41 Å². The number of nitrogens with one attached hydrogen (secondary N) is 1. The molecule has 2 rings (SSSR count). The van der Waals surface area contributed by atoms with Crippen LogP contribution in [0.1, 0.15) is 12.0 Å². The molecule has 0 aromatic heterocycles. The van der Waals surface area contributed by atoms with Crippen molar-refractivity contribution < 1.29 is 13.2 Å². The highest BCUT2D eigenvalue weighted by molar-refractivity contribution is 7.92. The van der Waals surface area contributed by atoms with Gasteiger partial charge in [-0.15, -0.1) is 0 Å². The van der Waals surface area contributed by atoms with E-state index in [4.69, 9.17) is 0 Å². The molecule has 6 heteroatoms. The Hall–Kier alpha value is -2.34. The zero-order valence-corrected chi connectivity index (χ0v) is 13.1. The van der Waals surface area contributed by atoms with Crippen molar-refractivity contribution >= 4 is 21.6 Å². The molecule has 0 atom stereocenters. The predicted octanol–water partition coefficient (Wildman–Crippen LogP) is 2.12. The van der Waals surface area contributed by atoms with Crippen LogP contribution in [0, 0.1) is 0 Å². The molecule has 0 fully saturated rings. The van der Waals surface area contributed by atoms with E-state index in [-0.39, 0.29) is 12.3 Å². The smallest absolute Gasteiger partial charge is 0.249 e. The first kappa shape index (κ1) is 16.0. The van der Waals surface area contributed by atoms with Gasteiger partial charge < -0.3 is 0 Å². The normalized spacial score (nSPS) is 11.0. The minimum Gasteiger partial charge on any atom is -0.273 e. The monoisotopic (exact) mass is 318 g/mol. The van der Waals surface area contributed by atoms with Gasteiger partial charge in [0.15, 0.2) is 0 Å². The summed E-state index contributed by atoms with van der Waals surface area (Å²) in [5.74, 6) is -0.349. The Balaban J connectivity index is 2.03. The third kappa shape index (κ3) is 4.60. The van der Waals surface area contributed by atoms with Crippen LogP contribution in [0.15, 0.2) is 60.7 Å². The van der Waals surface area contributed by atoms with Crippen molar-refractivity contribution in [1.29, 1.82) is 0 Å². The summed E-state index contributed by atoms with van der Waals surface area (Å²) in [6.45, 7) is 0. The maximum atomic E-state index is 12.0. The minimum atomic E-state index is -3.59. The van der Waals surface area contributed by atoms with Gasteiger partial charge in [0.25, 0.3) is 0 Å². The van der Waals surface area contributed by atoms with E-state index in [1.165, 1.54) is 0 Å². The van der Waals surface area contributed by atoms with E-state index in [9.17, 15) is 13.2 Å². The molecule has 22 heavy (non-hydrogen) atoms. The highest BCUT2D eigenvalue weighted by Gasteiger charge is 2.19. The molecule has 116 valence electrons. The van der Waals surface area contributed by atoms with Crippen molar-refractivity contribution in [3.05, 3.63) is 66.2 Å². The molecular formula is C16H18N2O3S. The van der Waals surface area contributed by atoms with E-state index >= 15 is 0 Å². The second-order valence-electron chi connectivity index (χ2n) is 4.88. The fourth-order valence-corrected chi connectivity index (χ4v) is 2.75. The molecule has 0 aliphatic carbocycles. The van der Waals surface area contributed by atoms with Crippen molar-refractivity contribution in [3.63, 3.8) is 0 Å². The lowest BCUT2D eigenvalue weighted by Crippen LogP contribution is -2.46. The van der Waals surface area contributed by atoms with Gasteiger partial charge in [-0.1, -0.05) is 48.5 Å². The molecule has 0 saturated heterocycles. The number of aryl methyl sites for hydroxylation is 1. The lowest BCUT2D eigenvalue weighted by molar-refractivity contribution is -0.120. The van der Waals surface area contributed by atoms with Crippen LogP contribution in [0.3, 0.4) is 0 Å². The lowest BCUT2D eigenvalue weighted by Gasteiger charge is -2.22. The number of hydrogen-bond acceptors (Lipinski definition) is 3. The molecule has 0 heterocycles. The number of sulfonamides is 1. The summed E-state index contributed by atoms with van der Waals surface area (Å²) in [4.78, 5) is 12.0. The minimum absolute atomic E-state index is 0.211. The van der Waals surface area contributed by atoms with Gasteiger partial charge in [-0.3, -0.25) is 10.2 Å². The van der Waals surface area contributed by atoms with E-state index in [1.54, 1.807) is 30.3 Å². The zero-order valence-electron chi connectivity index (χ0n) is 12.3. The Morgan fingerprint density at radius 3 is 2.09 bits per heavy atom. The summed E-state index contributed by atoms with van der Waals surface area (Å²) in [5.41, 5.74) is 3.88. The van der Waals surface area contributed by atoms with Crippen LogP contribution in [0.5, 0.6) is 0 Å². The second-order valence-corrected chi connectivity index (χ2v) is 6.71. The molecule has 0 unspecified atom stereocenters. The van der Waals surface area contributed by atoms with Crippen LogP contribution in [-0.2, 0) is 21.2 Å². The molecule has 1 N–H and O–H groups in total. The molecule has 0 aliphatic heterocycles. The number of hydrazine groups is 1. The van der Waals surface area contributed by atoms with Crippen LogP contribution in [0.25, 0.3) is 0 Å². The van der Waals surface area contributed by atoms with Gasteiger partial charge >= 0.3 is 0 Å². The molecule has 5 nitrogen and oxygen atoms in total. The number of amides is 1. The quantitative estimate of drug-likeness (QED) is 0.830. The lowest BCUT2D eigenvalue weighted by atomic mass is 10.1. The number of benzene rings is 2. The fourth-order valence-electron chi connectivity index (χ4n) is 1.97. The number of carbonyl (C=O) groups excluding carboxylic acids is 1. The average Bonchev–Trinajstić information content (AvgIpc) is 2.51. The standard InChI is InChI=1S/C16H18N2O3S/c1-22(20,21)18(15-10-6-3-7-11-15)17-16(19)13-12-14-8-4-2-5-9-14/h2-11H,12-13H2,1H3,(H,17,19). The summed E-state index contributed by atoms with van der Waals surface area (Å²) in [5, 5.41) is 0. The van der Waals surface area contributed by atoms with Gasteiger partial charge in [0.1, 0.15) is 0 Å². The van der Waals surface area contributed by atoms with Gasteiger partial charge in [0.2, 0.25) is 15.9 Å². The second kappa shape index (κ2) is 7.09. The summed E-state index contributed by atoms with van der Waals surface area (Å²) < 4.78 is 24.6. The van der Waals surface area contributed by atoms with E-state index in [0.29, 0.717) is 12.1 Å². The van der Waals surface area contributed by atoms with Crippen molar-refractivity contribution in [1.82, 2.24) is 5.43 Å². The maximum Gasteiger partial charge on any atom is 0.249 e. The van der Waals surface area contributed by atoms with Crippen molar-refractivity contribution in [2.75, 3.05) is 10.7 Å². The van der Waals surface area contributed by atoms with Gasteiger partial charge in [0, 0.05) is 6.42 Å². The van der Waals surface area contributed by atoms with E-state index in [1.807, 2.05) is 30.3 Å². The molecule has 0 radical (unpaired) electrons. The fraction of sp³-hybridized carbons (Fsp3) is 0.188. The van der Waals surface area contributed by atoms with Crippen LogP contribution in [0.4, 0.5) is 5.69 Å². The molecule has 2 aromatic rings. The summed E-state index contributed by atoms with van der Waals surface area (Å²) in [6, 6.07) is 18.0. The number of anilines is 1. The Bertz CT molecular complexity index is 716. The number of nitrogens with zero attached hydrogens (tertiary/aromatic N) is 1. The third-order valence-corrected chi connectivity index (χ3v) is 4.00. The Morgan fingerprint density at radius 1 is 1.00 bits per heavy atom. The van der Waals surface area contributed by atoms with Gasteiger partial charge in [-0.25, -0.2) is 8.42 Å². The van der Waals surface area contributed by atoms with Crippen LogP contribution in [-0.4, -0.2) is 20.6 Å². The number of hydrogen-bond donors (Lipinski definition) is 1. The third-order valence-electron chi connectivity index (χ3n) is 3.03. The van der Waals surface area contributed by atoms with Crippen LogP contribution >= 0.6 is 0 Å². The molecular weight excluding hydrogens is 300 g/mol. The van der Waals surface area contributed by atoms with Crippen molar-refractivity contribution in [3.8, 4) is 0 Å². The van der Waals surface area contributed by atoms with E-state index < -0.39 is 10.0 Å². The van der Waals surface area contributed by atoms with E-state index in [2.05, 4.69) is 5.43 Å². The first-order valence-corrected chi connectivity index (χ1v) is 8.70. The number of para-hydroxylation sites is 1. The molecule has 0 saturated carbocycles. The Morgan fingerprint density at radius 2 is 1.55 bits per heavy atom.